The summed E-state index contributed by atoms with van der Waals surface area (Å²) in [6.45, 7) is 17.5. The van der Waals surface area contributed by atoms with Crippen molar-refractivity contribution in [2.45, 2.75) is 124 Å². The fraction of sp³-hybridized carbons (Fsp3) is 0.351. The first-order valence-corrected chi connectivity index (χ1v) is 38.9. The third-order valence-electron chi connectivity index (χ3n) is 18.3. The molecular weight excluding hydrogens is 1320 g/mol. The van der Waals surface area contributed by atoms with Gasteiger partial charge >= 0.3 is 0 Å². The van der Waals surface area contributed by atoms with E-state index in [0.717, 1.165) is 5.75 Å². The lowest BCUT2D eigenvalue weighted by atomic mass is 10.2. The standard InChI is InChI=1S/2C12H14N2S.2C11H11NS2.C9H11NO.C9H11NS.C5H9NO.C5H9NS/c1-8-13(2)12-11(15-8)9-6-4-5-7-10(9)14(12)3;1-8-13(2)11-9-6-4-5-7-10(9)14(3)12(11)15-8;1-7-12(2)11-10(13-7)8-5-3-4-6-9(8)14-11;1-7-12(2)10-8-5-3-4-6-9(8)14-11(10)13-7;2*1-7-10(2)8-5-3-4-6-9(8)11-7;2*1-5-6(2)3-4-7-5/h2*4-8H,1-3H3;2*3-7H,1-2H3;2*3-7H,1-2H3;2*3-5H,1-2H3. The van der Waals surface area contributed by atoms with Gasteiger partial charge in [-0.25, -0.2) is 0 Å². The summed E-state index contributed by atoms with van der Waals surface area (Å²) in [5.74, 6) is 2.34. The van der Waals surface area contributed by atoms with Crippen LogP contribution in [-0.2, 0) is 18.8 Å². The molecular formula is C74H90N10O2S8. The largest absolute Gasteiger partial charge is 0.477 e. The van der Waals surface area contributed by atoms with E-state index in [-0.39, 0.29) is 12.5 Å². The van der Waals surface area contributed by atoms with Gasteiger partial charge in [0.1, 0.15) is 27.9 Å². The van der Waals surface area contributed by atoms with Crippen LogP contribution < -0.4 is 34.1 Å². The van der Waals surface area contributed by atoms with Crippen LogP contribution in [0.3, 0.4) is 0 Å². The Bertz CT molecular complexity index is 4220. The summed E-state index contributed by atoms with van der Waals surface area (Å²) in [5, 5.41) is 14.0. The van der Waals surface area contributed by atoms with Crippen molar-refractivity contribution in [3.05, 3.63) is 170 Å². The number of aryl methyl sites for hydroxylation is 2. The lowest BCUT2D eigenvalue weighted by Crippen LogP contribution is -2.26. The minimum atomic E-state index is 0.174. The molecule has 94 heavy (non-hydrogen) atoms. The van der Waals surface area contributed by atoms with Crippen molar-refractivity contribution in [3.63, 3.8) is 0 Å². The van der Waals surface area contributed by atoms with Gasteiger partial charge in [0, 0.05) is 119 Å². The molecule has 20 heteroatoms. The molecule has 0 N–H and O–H groups in total. The van der Waals surface area contributed by atoms with Crippen LogP contribution in [0.1, 0.15) is 55.4 Å². The molecule has 0 saturated heterocycles. The first-order valence-electron chi connectivity index (χ1n) is 31.9. The normalized spacial score (nSPS) is 21.8. The van der Waals surface area contributed by atoms with E-state index in [1.54, 1.807) is 6.26 Å². The molecule has 0 radical (unpaired) electrons. The van der Waals surface area contributed by atoms with E-state index in [1.807, 2.05) is 150 Å². The number of hydrogen-bond acceptors (Lipinski definition) is 18. The van der Waals surface area contributed by atoms with Gasteiger partial charge in [0.2, 0.25) is 0 Å². The monoisotopic (exact) mass is 1410 g/mol. The number of nitrogens with zero attached hydrogens (tertiary/aromatic N) is 10. The second-order valence-corrected chi connectivity index (χ2v) is 34.4. The van der Waals surface area contributed by atoms with Crippen LogP contribution in [0.2, 0.25) is 0 Å². The number of benzene rings is 6. The molecule has 0 fully saturated rings. The zero-order chi connectivity index (χ0) is 66.8. The van der Waals surface area contributed by atoms with Crippen LogP contribution in [0, 0.1) is 0 Å². The van der Waals surface area contributed by atoms with E-state index in [1.165, 1.54) is 99.5 Å². The number of aromatic nitrogens is 2. The molecule has 8 atom stereocenters. The Kier molecular flexibility index (Phi) is 22.2. The molecule has 0 spiro atoms. The van der Waals surface area contributed by atoms with Crippen molar-refractivity contribution >= 4 is 169 Å². The van der Waals surface area contributed by atoms with Gasteiger partial charge in [0.25, 0.3) is 0 Å². The average Bonchev–Trinajstić information content (AvgIpc) is 1.62. The number of fused-ring (bicyclic) bond motifs is 14. The third kappa shape index (κ3) is 14.3. The maximum Gasteiger partial charge on any atom is 0.169 e. The quantitative estimate of drug-likeness (QED) is 0.145. The highest BCUT2D eigenvalue weighted by atomic mass is 32.2. The van der Waals surface area contributed by atoms with Gasteiger partial charge in [0.05, 0.1) is 80.0 Å². The highest BCUT2D eigenvalue weighted by molar-refractivity contribution is 8.03. The van der Waals surface area contributed by atoms with Gasteiger partial charge in [0.15, 0.2) is 12.5 Å². The Balaban J connectivity index is 0.000000111. The molecule has 8 unspecified atom stereocenters. The molecule has 0 bridgehead atoms. The van der Waals surface area contributed by atoms with E-state index in [9.17, 15) is 0 Å². The zero-order valence-electron chi connectivity index (χ0n) is 57.3. The van der Waals surface area contributed by atoms with Gasteiger partial charge < -0.3 is 57.8 Å². The van der Waals surface area contributed by atoms with Crippen molar-refractivity contribution in [1.82, 2.24) is 18.9 Å². The summed E-state index contributed by atoms with van der Waals surface area (Å²) < 4.78 is 19.4. The topological polar surface area (TPSA) is 54.2 Å². The Labute approximate surface area is 591 Å². The number of thiophene rings is 2. The molecule has 8 aliphatic heterocycles. The van der Waals surface area contributed by atoms with Crippen LogP contribution in [-0.4, -0.2) is 120 Å². The molecule has 6 aromatic carbocycles. The average molecular weight is 1410 g/mol. The van der Waals surface area contributed by atoms with Crippen LogP contribution in [0.15, 0.2) is 194 Å². The van der Waals surface area contributed by atoms with Crippen LogP contribution >= 0.6 is 93.2 Å². The smallest absolute Gasteiger partial charge is 0.169 e. The van der Waals surface area contributed by atoms with E-state index < -0.39 is 0 Å². The summed E-state index contributed by atoms with van der Waals surface area (Å²) in [7, 11) is 21.3. The molecule has 496 valence electrons. The lowest BCUT2D eigenvalue weighted by molar-refractivity contribution is 0.0909. The fourth-order valence-corrected chi connectivity index (χ4v) is 21.5. The van der Waals surface area contributed by atoms with Crippen molar-refractivity contribution in [2.75, 3.05) is 85.8 Å². The number of hydrogen-bond donors (Lipinski definition) is 0. The summed E-state index contributed by atoms with van der Waals surface area (Å²) in [6.07, 6.45) is 6.11. The molecule has 0 amide bonds. The Morgan fingerprint density at radius 1 is 0.383 bits per heavy atom. The third-order valence-corrected chi connectivity index (χ3v) is 28.4. The summed E-state index contributed by atoms with van der Waals surface area (Å²) in [5.41, 5.74) is 8.03. The second-order valence-electron chi connectivity index (χ2n) is 24.2. The molecule has 18 rings (SSSR count). The Morgan fingerprint density at radius 3 is 1.54 bits per heavy atom. The predicted octanol–water partition coefficient (Wildman–Crippen LogP) is 20.4. The highest BCUT2D eigenvalue weighted by Crippen LogP contribution is 2.54. The maximum absolute atomic E-state index is 5.54. The number of ether oxygens (including phenoxy) is 2. The Morgan fingerprint density at radius 2 is 0.926 bits per heavy atom. The van der Waals surface area contributed by atoms with E-state index in [2.05, 4.69) is 280 Å². The minimum absolute atomic E-state index is 0.174. The van der Waals surface area contributed by atoms with Crippen LogP contribution in [0.5, 0.6) is 5.75 Å². The van der Waals surface area contributed by atoms with Crippen molar-refractivity contribution in [1.29, 1.82) is 0 Å². The van der Waals surface area contributed by atoms with Gasteiger partial charge in [-0.3, -0.25) is 0 Å². The van der Waals surface area contributed by atoms with Gasteiger partial charge in [-0.05, 0) is 109 Å². The summed E-state index contributed by atoms with van der Waals surface area (Å²) >= 11 is 15.4. The molecule has 10 aromatic rings. The summed E-state index contributed by atoms with van der Waals surface area (Å²) in [6, 6.07) is 51.2. The molecule has 12 nitrogen and oxygen atoms in total. The van der Waals surface area contributed by atoms with Crippen molar-refractivity contribution < 1.29 is 9.47 Å². The molecule has 4 aromatic heterocycles. The molecule has 12 heterocycles. The highest BCUT2D eigenvalue weighted by Gasteiger charge is 2.33. The van der Waals surface area contributed by atoms with E-state index in [0.29, 0.717) is 32.2 Å². The lowest BCUT2D eigenvalue weighted by Gasteiger charge is -2.18. The van der Waals surface area contributed by atoms with E-state index in [4.69, 9.17) is 9.47 Å². The van der Waals surface area contributed by atoms with Gasteiger partial charge in [-0.1, -0.05) is 156 Å². The number of anilines is 6. The summed E-state index contributed by atoms with van der Waals surface area (Å²) in [4.78, 5) is 22.4. The minimum Gasteiger partial charge on any atom is -0.477 e. The van der Waals surface area contributed by atoms with Crippen LogP contribution in [0.4, 0.5) is 33.6 Å². The molecule has 8 aliphatic rings. The van der Waals surface area contributed by atoms with Crippen molar-refractivity contribution in [2.24, 2.45) is 14.1 Å². The van der Waals surface area contributed by atoms with Crippen LogP contribution in [0.25, 0.3) is 42.0 Å². The predicted molar refractivity (Wildman–Crippen MR) is 421 cm³/mol. The number of para-hydroxylation sites is 5. The van der Waals surface area contributed by atoms with E-state index >= 15 is 0 Å². The van der Waals surface area contributed by atoms with Gasteiger partial charge in [-0.15, -0.1) is 34.4 Å². The number of thioether (sulfide) groups is 6. The SMILES string of the molecule is CC1OC=CN1C.CC1Oc2ccccc2N1C.CC1SC=CN1C.CC1Sc2c(c3ccccc3n2C)N1C.CC1Sc2c(n(C)c3ccccc23)N1C.CC1Sc2c(sc3ccccc23)N1C.CC1Sc2ccccc2N1C.CC1Sc2sc3ccccc3c2N1C. The Hall–Kier alpha value is -6.10. The first kappa shape index (κ1) is 69.3. The zero-order valence-corrected chi connectivity index (χ0v) is 63.9. The van der Waals surface area contributed by atoms with Gasteiger partial charge in [-0.2, -0.15) is 0 Å². The molecule has 0 aliphatic carbocycles. The number of rotatable bonds is 0. The fourth-order valence-electron chi connectivity index (χ4n) is 11.7. The maximum atomic E-state index is 5.54. The molecule has 0 saturated carbocycles. The van der Waals surface area contributed by atoms with Crippen molar-refractivity contribution in [3.8, 4) is 5.75 Å². The first-order chi connectivity index (χ1) is 45.1. The second kappa shape index (κ2) is 30.1.